The molecule has 0 aliphatic heterocycles. The fourth-order valence-corrected chi connectivity index (χ4v) is 1.40. The molecule has 5 nitrogen and oxygen atoms in total. The van der Waals surface area contributed by atoms with E-state index in [-0.39, 0.29) is 5.41 Å². The Morgan fingerprint density at radius 2 is 2.12 bits per heavy atom. The van der Waals surface area contributed by atoms with E-state index >= 15 is 0 Å². The molecular weight excluding hydrogens is 218 g/mol. The number of carboxylic acid groups (broad SMARTS) is 1. The molecule has 1 heterocycles. The number of nitrogens with one attached hydrogen (secondary N) is 1. The maximum atomic E-state index is 10.7. The first-order valence-electron chi connectivity index (χ1n) is 5.58. The fraction of sp³-hybridized carbons (Fsp3) is 0.583. The van der Waals surface area contributed by atoms with Gasteiger partial charge < -0.3 is 10.4 Å². The number of anilines is 1. The number of carbonyl (C=O) groups is 1. The Morgan fingerprint density at radius 1 is 1.47 bits per heavy atom. The van der Waals surface area contributed by atoms with Crippen molar-refractivity contribution in [3.05, 3.63) is 18.1 Å². The molecule has 0 radical (unpaired) electrons. The zero-order valence-electron chi connectivity index (χ0n) is 10.7. The van der Waals surface area contributed by atoms with Gasteiger partial charge in [0, 0.05) is 11.8 Å². The Bertz CT molecular complexity index is 399. The highest BCUT2D eigenvalue weighted by Gasteiger charge is 2.14. The van der Waals surface area contributed by atoms with Crippen LogP contribution in [-0.2, 0) is 11.2 Å². The summed E-state index contributed by atoms with van der Waals surface area (Å²) in [6.45, 7) is 7.96. The van der Waals surface area contributed by atoms with E-state index in [2.05, 4.69) is 36.1 Å². The molecule has 0 aliphatic carbocycles. The quantitative estimate of drug-likeness (QED) is 0.837. The van der Waals surface area contributed by atoms with Gasteiger partial charge in [0.2, 0.25) is 0 Å². The molecule has 0 bridgehead atoms. The Labute approximate surface area is 101 Å². The van der Waals surface area contributed by atoms with Crippen molar-refractivity contribution in [1.29, 1.82) is 0 Å². The minimum absolute atomic E-state index is 0.143. The lowest BCUT2D eigenvalue weighted by molar-refractivity contribution is -0.137. The van der Waals surface area contributed by atoms with Crippen molar-refractivity contribution < 1.29 is 9.90 Å². The molecule has 2 N–H and O–H groups in total. The normalized spacial score (nSPS) is 13.2. The van der Waals surface area contributed by atoms with Crippen molar-refractivity contribution in [2.75, 3.05) is 5.32 Å². The number of hydrogen-bond donors (Lipinski definition) is 2. The average molecular weight is 237 g/mol. The molecule has 0 spiro atoms. The van der Waals surface area contributed by atoms with Crippen molar-refractivity contribution in [2.45, 2.75) is 40.2 Å². The lowest BCUT2D eigenvalue weighted by Gasteiger charge is -2.18. The lowest BCUT2D eigenvalue weighted by Crippen LogP contribution is -2.26. The van der Waals surface area contributed by atoms with E-state index in [0.717, 1.165) is 12.1 Å². The summed E-state index contributed by atoms with van der Waals surface area (Å²) in [5.41, 5.74) is 1.05. The second-order valence-corrected chi connectivity index (χ2v) is 5.34. The summed E-state index contributed by atoms with van der Waals surface area (Å²) in [6, 6.07) is 1.14. The monoisotopic (exact) mass is 237 g/mol. The van der Waals surface area contributed by atoms with Crippen LogP contribution in [0.3, 0.4) is 0 Å². The largest absolute Gasteiger partial charge is 0.480 e. The first-order valence-corrected chi connectivity index (χ1v) is 5.58. The summed E-state index contributed by atoms with van der Waals surface area (Å²) in [4.78, 5) is 18.9. The Kier molecular flexibility index (Phi) is 4.04. The van der Waals surface area contributed by atoms with Crippen molar-refractivity contribution in [3.63, 3.8) is 0 Å². The Morgan fingerprint density at radius 3 is 2.65 bits per heavy atom. The maximum Gasteiger partial charge on any atom is 0.325 e. The first-order chi connectivity index (χ1) is 7.78. The zero-order valence-corrected chi connectivity index (χ0v) is 10.7. The van der Waals surface area contributed by atoms with Crippen LogP contribution in [0.2, 0.25) is 0 Å². The highest BCUT2D eigenvalue weighted by molar-refractivity contribution is 5.76. The van der Waals surface area contributed by atoms with E-state index < -0.39 is 12.0 Å². The second-order valence-electron chi connectivity index (χ2n) is 5.34. The van der Waals surface area contributed by atoms with Crippen LogP contribution in [0.5, 0.6) is 0 Å². The molecule has 0 saturated heterocycles. The minimum Gasteiger partial charge on any atom is -0.480 e. The molecule has 0 saturated carbocycles. The maximum absolute atomic E-state index is 10.7. The summed E-state index contributed by atoms with van der Waals surface area (Å²) < 4.78 is 0. The van der Waals surface area contributed by atoms with Gasteiger partial charge in [0.15, 0.2) is 0 Å². The molecule has 1 aromatic heterocycles. The van der Waals surface area contributed by atoms with E-state index in [1.54, 1.807) is 13.0 Å². The number of carboxylic acids is 1. The molecule has 0 amide bonds. The molecule has 1 atom stereocenters. The van der Waals surface area contributed by atoms with Gasteiger partial charge in [0.1, 0.15) is 18.2 Å². The molecular formula is C12H19N3O2. The molecule has 17 heavy (non-hydrogen) atoms. The van der Waals surface area contributed by atoms with Crippen LogP contribution in [0.25, 0.3) is 0 Å². The summed E-state index contributed by atoms with van der Waals surface area (Å²) in [5.74, 6) is -0.352. The molecule has 5 heteroatoms. The Balaban J connectivity index is 2.76. The average Bonchev–Trinajstić information content (AvgIpc) is 2.15. The van der Waals surface area contributed by atoms with Gasteiger partial charge in [-0.15, -0.1) is 0 Å². The van der Waals surface area contributed by atoms with E-state index in [1.807, 2.05) is 0 Å². The van der Waals surface area contributed by atoms with Crippen molar-refractivity contribution in [2.24, 2.45) is 5.41 Å². The smallest absolute Gasteiger partial charge is 0.325 e. The third-order valence-corrected chi connectivity index (χ3v) is 2.17. The highest BCUT2D eigenvalue weighted by atomic mass is 16.4. The summed E-state index contributed by atoms with van der Waals surface area (Å²) in [5, 5.41) is 11.6. The van der Waals surface area contributed by atoms with Gasteiger partial charge in [0.05, 0.1) is 0 Å². The predicted molar refractivity (Wildman–Crippen MR) is 65.9 cm³/mol. The molecule has 0 fully saturated rings. The number of nitrogens with zero attached hydrogens (tertiary/aromatic N) is 2. The molecule has 0 aromatic carbocycles. The summed E-state index contributed by atoms with van der Waals surface area (Å²) in [6.07, 6.45) is 2.28. The van der Waals surface area contributed by atoms with Crippen molar-refractivity contribution in [1.82, 2.24) is 9.97 Å². The van der Waals surface area contributed by atoms with Crippen molar-refractivity contribution in [3.8, 4) is 0 Å². The van der Waals surface area contributed by atoms with Gasteiger partial charge >= 0.3 is 5.97 Å². The SMILES string of the molecule is CC(Nc1cc(CC(C)(C)C)ncn1)C(=O)O. The fourth-order valence-electron chi connectivity index (χ4n) is 1.40. The van der Waals surface area contributed by atoms with Gasteiger partial charge in [-0.05, 0) is 18.8 Å². The van der Waals surface area contributed by atoms with Crippen molar-refractivity contribution >= 4 is 11.8 Å². The van der Waals surface area contributed by atoms with Gasteiger partial charge in [0.25, 0.3) is 0 Å². The van der Waals surface area contributed by atoms with Crippen LogP contribution in [0.1, 0.15) is 33.4 Å². The molecule has 1 rings (SSSR count). The molecule has 1 aromatic rings. The van der Waals surface area contributed by atoms with E-state index in [9.17, 15) is 4.79 Å². The number of hydrogen-bond acceptors (Lipinski definition) is 4. The van der Waals surface area contributed by atoms with Gasteiger partial charge in [-0.25, -0.2) is 9.97 Å². The van der Waals surface area contributed by atoms with Crippen LogP contribution in [-0.4, -0.2) is 27.1 Å². The van der Waals surface area contributed by atoms with Crippen LogP contribution in [0.4, 0.5) is 5.82 Å². The minimum atomic E-state index is -0.902. The summed E-state index contributed by atoms with van der Waals surface area (Å²) in [7, 11) is 0. The van der Waals surface area contributed by atoms with Crippen LogP contribution in [0, 0.1) is 5.41 Å². The predicted octanol–water partition coefficient (Wildman–Crippen LogP) is 1.95. The van der Waals surface area contributed by atoms with Crippen LogP contribution >= 0.6 is 0 Å². The number of aromatic nitrogens is 2. The standard InChI is InChI=1S/C12H19N3O2/c1-8(11(16)17)15-10-5-9(13-7-14-10)6-12(2,3)4/h5,7-8H,6H2,1-4H3,(H,16,17)(H,13,14,15). The second kappa shape index (κ2) is 5.12. The lowest BCUT2D eigenvalue weighted by atomic mass is 9.90. The van der Waals surface area contributed by atoms with Gasteiger partial charge in [-0.1, -0.05) is 20.8 Å². The topological polar surface area (TPSA) is 75.1 Å². The van der Waals surface area contributed by atoms with E-state index in [1.165, 1.54) is 6.33 Å². The van der Waals surface area contributed by atoms with Gasteiger partial charge in [-0.3, -0.25) is 4.79 Å². The third kappa shape index (κ3) is 4.80. The first kappa shape index (κ1) is 13.4. The van der Waals surface area contributed by atoms with E-state index in [4.69, 9.17) is 5.11 Å². The van der Waals surface area contributed by atoms with E-state index in [0.29, 0.717) is 5.82 Å². The van der Waals surface area contributed by atoms with Crippen LogP contribution < -0.4 is 5.32 Å². The number of aliphatic carboxylic acids is 1. The van der Waals surface area contributed by atoms with Crippen LogP contribution in [0.15, 0.2) is 12.4 Å². The molecule has 0 aliphatic rings. The Hall–Kier alpha value is -1.65. The third-order valence-electron chi connectivity index (χ3n) is 2.17. The molecule has 94 valence electrons. The number of rotatable bonds is 4. The highest BCUT2D eigenvalue weighted by Crippen LogP contribution is 2.20. The summed E-state index contributed by atoms with van der Waals surface area (Å²) >= 11 is 0. The zero-order chi connectivity index (χ0) is 13.1. The molecule has 1 unspecified atom stereocenters. The van der Waals surface area contributed by atoms with Gasteiger partial charge in [-0.2, -0.15) is 0 Å².